The Labute approximate surface area is 164 Å². The molecule has 1 aromatic heterocycles. The molecule has 0 spiro atoms. The summed E-state index contributed by atoms with van der Waals surface area (Å²) in [5.74, 6) is -1.37. The molecule has 1 aliphatic heterocycles. The second-order valence-corrected chi connectivity index (χ2v) is 6.73. The molecule has 2 amide bonds. The van der Waals surface area contributed by atoms with Crippen molar-refractivity contribution in [2.45, 2.75) is 6.42 Å². The highest BCUT2D eigenvalue weighted by atomic mass is 35.5. The summed E-state index contributed by atoms with van der Waals surface area (Å²) in [7, 11) is 0. The summed E-state index contributed by atoms with van der Waals surface area (Å²) in [4.78, 5) is 26.2. The minimum atomic E-state index is -0.584. The van der Waals surface area contributed by atoms with Crippen LogP contribution in [0.15, 0.2) is 52.9 Å². The molecule has 3 aromatic rings. The molecule has 0 unspecified atom stereocenters. The molecule has 1 saturated heterocycles. The number of carbonyl (C=O) groups is 2. The predicted octanol–water partition coefficient (Wildman–Crippen LogP) is 3.52. The molecular weight excluding hydrogens is 387 g/mol. The van der Waals surface area contributed by atoms with Gasteiger partial charge in [0.05, 0.1) is 5.92 Å². The molecule has 2 heterocycles. The highest BCUT2D eigenvalue weighted by Gasteiger charge is 2.35. The SMILES string of the molecule is O=C(Nc1nnc(-c2cccc(Cl)c2)o1)[C@@H]1CC(=O)N(c2ccc(F)cc2)C1. The number of rotatable bonds is 4. The standard InChI is InChI=1S/C19H14ClFN4O3/c20-13-3-1-2-11(8-13)18-23-24-19(28-18)22-17(27)12-9-16(26)25(10-12)15-6-4-14(21)5-7-15/h1-8,12H,9-10H2,(H,22,24,27)/t12-/m1/s1. The van der Waals surface area contributed by atoms with Gasteiger partial charge in [0, 0.05) is 29.2 Å². The van der Waals surface area contributed by atoms with Crippen LogP contribution in [0, 0.1) is 11.7 Å². The fourth-order valence-electron chi connectivity index (χ4n) is 2.97. The van der Waals surface area contributed by atoms with Crippen molar-refractivity contribution in [3.8, 4) is 11.5 Å². The van der Waals surface area contributed by atoms with Gasteiger partial charge in [0.25, 0.3) is 0 Å². The van der Waals surface area contributed by atoms with E-state index in [4.69, 9.17) is 16.0 Å². The lowest BCUT2D eigenvalue weighted by Crippen LogP contribution is -2.28. The molecule has 1 aliphatic rings. The molecule has 0 radical (unpaired) electrons. The zero-order chi connectivity index (χ0) is 19.7. The Hall–Kier alpha value is -3.26. The summed E-state index contributed by atoms with van der Waals surface area (Å²) >= 11 is 5.94. The van der Waals surface area contributed by atoms with Crippen molar-refractivity contribution in [3.63, 3.8) is 0 Å². The second kappa shape index (κ2) is 7.40. The third-order valence-corrected chi connectivity index (χ3v) is 4.60. The molecule has 9 heteroatoms. The van der Waals surface area contributed by atoms with E-state index < -0.39 is 17.6 Å². The number of benzene rings is 2. The molecule has 2 aromatic carbocycles. The van der Waals surface area contributed by atoms with E-state index in [1.165, 1.54) is 29.2 Å². The fraction of sp³-hybridized carbons (Fsp3) is 0.158. The first-order chi connectivity index (χ1) is 13.5. The summed E-state index contributed by atoms with van der Waals surface area (Å²) in [5, 5.41) is 10.8. The third kappa shape index (κ3) is 3.72. The first-order valence-corrected chi connectivity index (χ1v) is 8.83. The normalized spacial score (nSPS) is 16.4. The van der Waals surface area contributed by atoms with Crippen molar-refractivity contribution >= 4 is 35.1 Å². The maximum atomic E-state index is 13.1. The highest BCUT2D eigenvalue weighted by molar-refractivity contribution is 6.30. The number of amides is 2. The topological polar surface area (TPSA) is 88.3 Å². The van der Waals surface area contributed by atoms with E-state index in [0.717, 1.165) is 0 Å². The summed E-state index contributed by atoms with van der Waals surface area (Å²) in [6.07, 6.45) is 0.0402. The number of carbonyl (C=O) groups excluding carboxylic acids is 2. The Balaban J connectivity index is 1.43. The largest absolute Gasteiger partial charge is 0.403 e. The quantitative estimate of drug-likeness (QED) is 0.723. The van der Waals surface area contributed by atoms with Gasteiger partial charge in [0.15, 0.2) is 0 Å². The smallest absolute Gasteiger partial charge is 0.322 e. The average Bonchev–Trinajstić information content (AvgIpc) is 3.29. The van der Waals surface area contributed by atoms with Crippen LogP contribution in [0.3, 0.4) is 0 Å². The molecule has 1 fully saturated rings. The lowest BCUT2D eigenvalue weighted by atomic mass is 10.1. The van der Waals surface area contributed by atoms with E-state index >= 15 is 0 Å². The van der Waals surface area contributed by atoms with Crippen molar-refractivity contribution in [2.24, 2.45) is 5.92 Å². The lowest BCUT2D eigenvalue weighted by Gasteiger charge is -2.16. The lowest BCUT2D eigenvalue weighted by molar-refractivity contribution is -0.122. The Morgan fingerprint density at radius 1 is 1.21 bits per heavy atom. The van der Waals surface area contributed by atoms with Gasteiger partial charge in [0.2, 0.25) is 17.7 Å². The van der Waals surface area contributed by atoms with E-state index in [9.17, 15) is 14.0 Å². The Morgan fingerprint density at radius 3 is 2.75 bits per heavy atom. The summed E-state index contributed by atoms with van der Waals surface area (Å²) in [5.41, 5.74) is 1.17. The van der Waals surface area contributed by atoms with E-state index in [1.807, 2.05) is 0 Å². The number of halogens is 2. The number of hydrogen-bond acceptors (Lipinski definition) is 5. The molecule has 1 atom stereocenters. The van der Waals surface area contributed by atoms with Gasteiger partial charge in [-0.15, -0.1) is 5.10 Å². The maximum Gasteiger partial charge on any atom is 0.322 e. The van der Waals surface area contributed by atoms with Gasteiger partial charge in [-0.3, -0.25) is 14.9 Å². The van der Waals surface area contributed by atoms with Gasteiger partial charge >= 0.3 is 6.01 Å². The summed E-state index contributed by atoms with van der Waals surface area (Å²) in [6.45, 7) is 0.186. The van der Waals surface area contributed by atoms with Crippen molar-refractivity contribution in [1.29, 1.82) is 0 Å². The van der Waals surface area contributed by atoms with Gasteiger partial charge in [0.1, 0.15) is 5.82 Å². The molecule has 0 saturated carbocycles. The van der Waals surface area contributed by atoms with Crippen LogP contribution in [-0.4, -0.2) is 28.6 Å². The molecule has 142 valence electrons. The number of aromatic nitrogens is 2. The van der Waals surface area contributed by atoms with Crippen molar-refractivity contribution in [2.75, 3.05) is 16.8 Å². The van der Waals surface area contributed by atoms with Crippen LogP contribution in [0.25, 0.3) is 11.5 Å². The summed E-state index contributed by atoms with van der Waals surface area (Å²) in [6, 6.07) is 12.4. The molecule has 7 nitrogen and oxygen atoms in total. The van der Waals surface area contributed by atoms with Crippen LogP contribution in [-0.2, 0) is 9.59 Å². The van der Waals surface area contributed by atoms with Crippen LogP contribution >= 0.6 is 11.6 Å². The first kappa shape index (κ1) is 18.1. The minimum absolute atomic E-state index is 0.0402. The molecule has 4 rings (SSSR count). The third-order valence-electron chi connectivity index (χ3n) is 4.36. The van der Waals surface area contributed by atoms with Crippen LogP contribution in [0.4, 0.5) is 16.1 Å². The number of anilines is 2. The van der Waals surface area contributed by atoms with Gasteiger partial charge in [-0.1, -0.05) is 22.8 Å². The van der Waals surface area contributed by atoms with Crippen molar-refractivity contribution in [3.05, 3.63) is 59.4 Å². The number of hydrogen-bond donors (Lipinski definition) is 1. The van der Waals surface area contributed by atoms with E-state index in [2.05, 4.69) is 15.5 Å². The Kier molecular flexibility index (Phi) is 4.79. The van der Waals surface area contributed by atoms with Crippen LogP contribution in [0.1, 0.15) is 6.42 Å². The van der Waals surface area contributed by atoms with E-state index in [1.54, 1.807) is 24.3 Å². The number of nitrogens with one attached hydrogen (secondary N) is 1. The summed E-state index contributed by atoms with van der Waals surface area (Å²) < 4.78 is 18.5. The Bertz CT molecular complexity index is 1040. The first-order valence-electron chi connectivity index (χ1n) is 8.46. The number of nitrogens with zero attached hydrogens (tertiary/aromatic N) is 3. The minimum Gasteiger partial charge on any atom is -0.403 e. The molecule has 0 bridgehead atoms. The van der Waals surface area contributed by atoms with Crippen LogP contribution < -0.4 is 10.2 Å². The van der Waals surface area contributed by atoms with Gasteiger partial charge < -0.3 is 9.32 Å². The van der Waals surface area contributed by atoms with Crippen LogP contribution in [0.2, 0.25) is 5.02 Å². The van der Waals surface area contributed by atoms with E-state index in [-0.39, 0.29) is 30.8 Å². The van der Waals surface area contributed by atoms with E-state index in [0.29, 0.717) is 16.3 Å². The molecule has 0 aliphatic carbocycles. The van der Waals surface area contributed by atoms with Crippen molar-refractivity contribution in [1.82, 2.24) is 10.2 Å². The average molecular weight is 401 g/mol. The molecule has 28 heavy (non-hydrogen) atoms. The zero-order valence-corrected chi connectivity index (χ0v) is 15.2. The van der Waals surface area contributed by atoms with Gasteiger partial charge in [-0.2, -0.15) is 0 Å². The maximum absolute atomic E-state index is 13.1. The zero-order valence-electron chi connectivity index (χ0n) is 14.4. The van der Waals surface area contributed by atoms with Crippen LogP contribution in [0.5, 0.6) is 0 Å². The Morgan fingerprint density at radius 2 is 2.00 bits per heavy atom. The second-order valence-electron chi connectivity index (χ2n) is 6.29. The monoisotopic (exact) mass is 400 g/mol. The molecule has 1 N–H and O–H groups in total. The van der Waals surface area contributed by atoms with Crippen molar-refractivity contribution < 1.29 is 18.4 Å². The fourth-order valence-corrected chi connectivity index (χ4v) is 3.16. The molecular formula is C19H14ClFN4O3. The highest BCUT2D eigenvalue weighted by Crippen LogP contribution is 2.27. The van der Waals surface area contributed by atoms with Gasteiger partial charge in [-0.05, 0) is 42.5 Å². The predicted molar refractivity (Wildman–Crippen MR) is 100 cm³/mol. The van der Waals surface area contributed by atoms with Gasteiger partial charge in [-0.25, -0.2) is 4.39 Å².